The van der Waals surface area contributed by atoms with Crippen molar-refractivity contribution in [1.29, 1.82) is 0 Å². The predicted molar refractivity (Wildman–Crippen MR) is 188 cm³/mol. The van der Waals surface area contributed by atoms with E-state index in [0.29, 0.717) is 16.7 Å². The van der Waals surface area contributed by atoms with Gasteiger partial charge in [-0.2, -0.15) is 0 Å². The molecule has 13 heteroatoms. The van der Waals surface area contributed by atoms with Crippen molar-refractivity contribution in [2.75, 3.05) is 12.5 Å². The molecule has 11 atom stereocenters. The molecule has 3 aliphatic carbocycles. The van der Waals surface area contributed by atoms with E-state index >= 15 is 0 Å². The standard InChI is InChI=1S/C40H45ClO12/c1-21(25-12-8-6-9-13-25)32(51-31(44)19-41)37(47)50-28-18-39(48)17-27(22(28)2)23(3)34(45)38(5)29(43)16-30-40(20-49-30,53-24(4)42)33(38)35(39)52-36(46)26-14-10-7-11-15-26/h6-15,21,23,28-30,32-33,35,43,48H,16-20H2,1-5H3/t21-,23+,28-,29-,30+,32+,33-,35-,38+,39+,40-/m0/s1. The van der Waals surface area contributed by atoms with Gasteiger partial charge < -0.3 is 33.9 Å². The summed E-state index contributed by atoms with van der Waals surface area (Å²) in [6.45, 7) is 7.64. The Morgan fingerprint density at radius 2 is 1.68 bits per heavy atom. The van der Waals surface area contributed by atoms with Crippen molar-refractivity contribution in [3.05, 3.63) is 82.9 Å². The summed E-state index contributed by atoms with van der Waals surface area (Å²) in [6, 6.07) is 17.0. The monoisotopic (exact) mass is 752 g/mol. The number of halogens is 1. The van der Waals surface area contributed by atoms with Crippen molar-refractivity contribution in [3.63, 3.8) is 0 Å². The number of esters is 4. The van der Waals surface area contributed by atoms with Gasteiger partial charge in [-0.3, -0.25) is 14.4 Å². The highest BCUT2D eigenvalue weighted by atomic mass is 35.5. The molecule has 0 spiro atoms. The number of carbonyl (C=O) groups excluding carboxylic acids is 5. The van der Waals surface area contributed by atoms with E-state index < -0.39 is 100 Å². The first-order valence-corrected chi connectivity index (χ1v) is 18.3. The number of ether oxygens (including phenoxy) is 5. The molecule has 1 saturated heterocycles. The third-order valence-electron chi connectivity index (χ3n) is 11.9. The number of fused-ring (bicyclic) bond motifs is 5. The third-order valence-corrected chi connectivity index (χ3v) is 12.1. The quantitative estimate of drug-likeness (QED) is 0.162. The van der Waals surface area contributed by atoms with Crippen LogP contribution in [0.25, 0.3) is 0 Å². The summed E-state index contributed by atoms with van der Waals surface area (Å²) >= 11 is 5.76. The second kappa shape index (κ2) is 14.6. The summed E-state index contributed by atoms with van der Waals surface area (Å²) in [6.07, 6.45) is -6.92. The summed E-state index contributed by atoms with van der Waals surface area (Å²) in [4.78, 5) is 68.1. The molecule has 12 nitrogen and oxygen atoms in total. The van der Waals surface area contributed by atoms with Gasteiger partial charge in [0.15, 0.2) is 5.60 Å². The SMILES string of the molecule is CC(=O)O[C@@]12CO[C@@H]1C[C@H](O)[C@@]1(C)C(=O)[C@H](C)C3=C(C)[C@@H](OC(=O)[C@H](OC(=O)CCl)[C@@H](C)c4ccccc4)C[C@](O)(C3)[C@@H](OC(=O)c3ccccc3)[C@H]21. The number of Topliss-reactive ketones (excluding diaryl/α,β-unsaturated/α-hetero) is 1. The van der Waals surface area contributed by atoms with Crippen LogP contribution in [0.15, 0.2) is 71.8 Å². The lowest BCUT2D eigenvalue weighted by Gasteiger charge is -2.65. The average Bonchev–Trinajstić information content (AvgIpc) is 3.14. The van der Waals surface area contributed by atoms with Crippen LogP contribution in [-0.2, 0) is 42.9 Å². The first-order chi connectivity index (χ1) is 25.1. The molecule has 2 aromatic rings. The van der Waals surface area contributed by atoms with Crippen LogP contribution in [0, 0.1) is 17.3 Å². The Kier molecular flexibility index (Phi) is 10.7. The molecule has 3 fully saturated rings. The number of rotatable bonds is 9. The number of benzene rings is 2. The maximum absolute atomic E-state index is 14.9. The Labute approximate surface area is 312 Å². The van der Waals surface area contributed by atoms with Crippen LogP contribution in [0.3, 0.4) is 0 Å². The minimum Gasteiger partial charge on any atom is -0.455 e. The first kappa shape index (κ1) is 38.6. The fraction of sp³-hybridized carbons (Fsp3) is 0.525. The van der Waals surface area contributed by atoms with E-state index in [9.17, 15) is 34.2 Å². The number of carbonyl (C=O) groups is 5. The van der Waals surface area contributed by atoms with Crippen LogP contribution in [0.4, 0.5) is 0 Å². The van der Waals surface area contributed by atoms with Crippen LogP contribution in [0.1, 0.15) is 75.7 Å². The average molecular weight is 753 g/mol. The lowest BCUT2D eigenvalue weighted by Crippen LogP contribution is -2.80. The zero-order valence-corrected chi connectivity index (χ0v) is 31.0. The molecule has 284 valence electrons. The fourth-order valence-corrected chi connectivity index (χ4v) is 9.06. The maximum atomic E-state index is 14.9. The highest BCUT2D eigenvalue weighted by Gasteiger charge is 2.75. The highest BCUT2D eigenvalue weighted by Crippen LogP contribution is 2.61. The summed E-state index contributed by atoms with van der Waals surface area (Å²) in [5.74, 6) is -7.07. The van der Waals surface area contributed by atoms with Gasteiger partial charge in [0.2, 0.25) is 6.10 Å². The number of hydrogen-bond donors (Lipinski definition) is 2. The van der Waals surface area contributed by atoms with Crippen molar-refractivity contribution >= 4 is 41.3 Å². The smallest absolute Gasteiger partial charge is 0.348 e. The van der Waals surface area contributed by atoms with E-state index in [2.05, 4.69) is 0 Å². The van der Waals surface area contributed by atoms with Crippen LogP contribution >= 0.6 is 11.6 Å². The normalized spacial score (nSPS) is 34.5. The second-order valence-electron chi connectivity index (χ2n) is 15.0. The van der Waals surface area contributed by atoms with Crippen molar-refractivity contribution in [2.45, 2.75) is 102 Å². The van der Waals surface area contributed by atoms with E-state index in [-0.39, 0.29) is 31.4 Å². The Morgan fingerprint density at radius 1 is 1.04 bits per heavy atom. The Hall–Kier alpha value is -4.10. The third kappa shape index (κ3) is 6.68. The Bertz CT molecular complexity index is 1800. The molecule has 2 aromatic carbocycles. The highest BCUT2D eigenvalue weighted by molar-refractivity contribution is 6.26. The number of ketones is 1. The number of aliphatic hydroxyl groups is 2. The second-order valence-corrected chi connectivity index (χ2v) is 15.3. The van der Waals surface area contributed by atoms with Crippen LogP contribution in [-0.4, -0.2) is 94.1 Å². The molecule has 4 aliphatic rings. The largest absolute Gasteiger partial charge is 0.455 e. The zero-order chi connectivity index (χ0) is 38.5. The lowest BCUT2D eigenvalue weighted by molar-refractivity contribution is -0.340. The minimum absolute atomic E-state index is 0.0448. The van der Waals surface area contributed by atoms with E-state index in [1.807, 2.05) is 0 Å². The van der Waals surface area contributed by atoms with Gasteiger partial charge in [-0.25, -0.2) is 9.59 Å². The van der Waals surface area contributed by atoms with Gasteiger partial charge in [0.25, 0.3) is 0 Å². The maximum Gasteiger partial charge on any atom is 0.348 e. The van der Waals surface area contributed by atoms with Gasteiger partial charge in [0.1, 0.15) is 35.6 Å². The molecule has 0 amide bonds. The molecule has 0 radical (unpaired) electrons. The molecule has 2 bridgehead atoms. The van der Waals surface area contributed by atoms with Gasteiger partial charge in [-0.15, -0.1) is 11.6 Å². The van der Waals surface area contributed by atoms with Gasteiger partial charge in [-0.05, 0) is 37.1 Å². The number of alkyl halides is 1. The Morgan fingerprint density at radius 3 is 2.26 bits per heavy atom. The molecular weight excluding hydrogens is 708 g/mol. The first-order valence-electron chi connectivity index (χ1n) is 17.8. The lowest BCUT2D eigenvalue weighted by atomic mass is 9.47. The summed E-state index contributed by atoms with van der Waals surface area (Å²) in [5.41, 5.74) is -3.53. The van der Waals surface area contributed by atoms with E-state index in [0.717, 1.165) is 0 Å². The zero-order valence-electron chi connectivity index (χ0n) is 30.3. The van der Waals surface area contributed by atoms with Crippen molar-refractivity contribution in [1.82, 2.24) is 0 Å². The molecule has 0 aromatic heterocycles. The molecule has 2 saturated carbocycles. The van der Waals surface area contributed by atoms with E-state index in [1.165, 1.54) is 19.1 Å². The predicted octanol–water partition coefficient (Wildman–Crippen LogP) is 4.23. The molecule has 2 N–H and O–H groups in total. The van der Waals surface area contributed by atoms with Crippen molar-refractivity contribution in [2.24, 2.45) is 17.3 Å². The molecule has 6 rings (SSSR count). The van der Waals surface area contributed by atoms with Crippen LogP contribution in [0.2, 0.25) is 0 Å². The topological polar surface area (TPSA) is 172 Å². The Balaban J connectivity index is 1.47. The minimum atomic E-state index is -2.04. The molecule has 0 unspecified atom stereocenters. The summed E-state index contributed by atoms with van der Waals surface area (Å²) in [5, 5.41) is 24.8. The van der Waals surface area contributed by atoms with Crippen LogP contribution < -0.4 is 0 Å². The van der Waals surface area contributed by atoms with Gasteiger partial charge in [-0.1, -0.05) is 68.0 Å². The fourth-order valence-electron chi connectivity index (χ4n) is 9.00. The summed E-state index contributed by atoms with van der Waals surface area (Å²) < 4.78 is 29.8. The molecule has 1 heterocycles. The van der Waals surface area contributed by atoms with Crippen LogP contribution in [0.5, 0.6) is 0 Å². The van der Waals surface area contributed by atoms with E-state index in [4.69, 9.17) is 35.3 Å². The van der Waals surface area contributed by atoms with Crippen molar-refractivity contribution in [3.8, 4) is 0 Å². The number of hydrogen-bond acceptors (Lipinski definition) is 12. The molecule has 1 aliphatic heterocycles. The van der Waals surface area contributed by atoms with Crippen molar-refractivity contribution < 1.29 is 57.9 Å². The summed E-state index contributed by atoms with van der Waals surface area (Å²) in [7, 11) is 0. The van der Waals surface area contributed by atoms with Gasteiger partial charge in [0.05, 0.1) is 29.6 Å². The number of aliphatic hydroxyl groups excluding tert-OH is 1. The molecular formula is C40H45ClO12. The van der Waals surface area contributed by atoms with Gasteiger partial charge in [0, 0.05) is 38.0 Å². The van der Waals surface area contributed by atoms with E-state index in [1.54, 1.807) is 76.2 Å². The molecule has 53 heavy (non-hydrogen) atoms. The van der Waals surface area contributed by atoms with Gasteiger partial charge >= 0.3 is 23.9 Å².